The van der Waals surface area contributed by atoms with Gasteiger partial charge in [-0.05, 0) is 37.1 Å². The van der Waals surface area contributed by atoms with E-state index in [0.717, 1.165) is 30.3 Å². The summed E-state index contributed by atoms with van der Waals surface area (Å²) in [7, 11) is -4.00. The molecule has 0 saturated heterocycles. The predicted octanol–water partition coefficient (Wildman–Crippen LogP) is 3.66. The number of benzene rings is 2. The van der Waals surface area contributed by atoms with Gasteiger partial charge in [0.25, 0.3) is 0 Å². The third-order valence-corrected chi connectivity index (χ3v) is 6.05. The van der Waals surface area contributed by atoms with Crippen molar-refractivity contribution in [2.24, 2.45) is 5.14 Å². The Morgan fingerprint density at radius 2 is 2.00 bits per heavy atom. The van der Waals surface area contributed by atoms with Gasteiger partial charge in [0.05, 0.1) is 18.1 Å². The molecule has 0 amide bonds. The summed E-state index contributed by atoms with van der Waals surface area (Å²) in [4.78, 5) is 4.04. The molecule has 0 fully saturated rings. The van der Waals surface area contributed by atoms with Crippen LogP contribution in [0.15, 0.2) is 53.9 Å². The van der Waals surface area contributed by atoms with E-state index in [9.17, 15) is 8.42 Å². The number of primary sulfonamides is 1. The molecule has 29 heavy (non-hydrogen) atoms. The Bertz CT molecular complexity index is 1230. The molecule has 4 aromatic rings. The SMILES string of the molecule is CCCCc1c(Oc2ccc(-n3ccnc3)cc2)cc2nsnc2c1S(N)(=O)=O. The number of sulfonamides is 1. The van der Waals surface area contributed by atoms with E-state index in [0.29, 0.717) is 34.5 Å². The van der Waals surface area contributed by atoms with E-state index >= 15 is 0 Å². The van der Waals surface area contributed by atoms with Gasteiger partial charge in [0, 0.05) is 29.7 Å². The Morgan fingerprint density at radius 1 is 1.21 bits per heavy atom. The summed E-state index contributed by atoms with van der Waals surface area (Å²) < 4.78 is 41.0. The Balaban J connectivity index is 1.78. The molecule has 0 aliphatic rings. The molecule has 10 heteroatoms. The molecule has 0 radical (unpaired) electrons. The Kier molecular flexibility index (Phi) is 5.31. The lowest BCUT2D eigenvalue weighted by Crippen LogP contribution is -2.16. The number of ether oxygens (including phenoxy) is 1. The first-order chi connectivity index (χ1) is 14.0. The number of hydrogen-bond acceptors (Lipinski definition) is 7. The van der Waals surface area contributed by atoms with Crippen LogP contribution in [-0.2, 0) is 16.4 Å². The van der Waals surface area contributed by atoms with Gasteiger partial charge in [0.15, 0.2) is 0 Å². The molecular weight excluding hydrogens is 410 g/mol. The zero-order chi connectivity index (χ0) is 20.4. The lowest BCUT2D eigenvalue weighted by Gasteiger charge is -2.15. The fraction of sp³-hybridized carbons (Fsp3) is 0.211. The number of rotatable bonds is 7. The molecule has 0 spiro atoms. The maximum absolute atomic E-state index is 12.4. The summed E-state index contributed by atoms with van der Waals surface area (Å²) in [6, 6.07) is 9.15. The fourth-order valence-electron chi connectivity index (χ4n) is 3.13. The molecular formula is C19H19N5O3S2. The van der Waals surface area contributed by atoms with Gasteiger partial charge in [-0.3, -0.25) is 0 Å². The van der Waals surface area contributed by atoms with Crippen molar-refractivity contribution >= 4 is 32.8 Å². The van der Waals surface area contributed by atoms with Crippen molar-refractivity contribution in [1.29, 1.82) is 0 Å². The second-order valence-corrected chi connectivity index (χ2v) is 8.56. The van der Waals surface area contributed by atoms with Crippen LogP contribution in [0.25, 0.3) is 16.7 Å². The minimum atomic E-state index is -4.00. The number of unbranched alkanes of at least 4 members (excludes halogenated alkanes) is 1. The van der Waals surface area contributed by atoms with Crippen LogP contribution in [0.3, 0.4) is 0 Å². The third-order valence-electron chi connectivity index (χ3n) is 4.50. The second-order valence-electron chi connectivity index (χ2n) is 6.53. The first kappa shape index (κ1) is 19.5. The minimum absolute atomic E-state index is 0.00207. The fourth-order valence-corrected chi connectivity index (χ4v) is 4.68. The quantitative estimate of drug-likeness (QED) is 0.480. The lowest BCUT2D eigenvalue weighted by molar-refractivity contribution is 0.473. The van der Waals surface area contributed by atoms with Gasteiger partial charge in [-0.2, -0.15) is 8.75 Å². The smallest absolute Gasteiger partial charge is 0.240 e. The molecule has 150 valence electrons. The number of fused-ring (bicyclic) bond motifs is 1. The van der Waals surface area contributed by atoms with Crippen molar-refractivity contribution in [2.75, 3.05) is 0 Å². The summed E-state index contributed by atoms with van der Waals surface area (Å²) in [6.45, 7) is 2.04. The van der Waals surface area contributed by atoms with E-state index in [2.05, 4.69) is 13.7 Å². The van der Waals surface area contributed by atoms with E-state index in [4.69, 9.17) is 9.88 Å². The highest BCUT2D eigenvalue weighted by Crippen LogP contribution is 2.36. The highest BCUT2D eigenvalue weighted by molar-refractivity contribution is 7.89. The lowest BCUT2D eigenvalue weighted by atomic mass is 10.1. The first-order valence-electron chi connectivity index (χ1n) is 9.04. The molecule has 4 rings (SSSR count). The molecule has 2 N–H and O–H groups in total. The standard InChI is InChI=1S/C19H19N5O3S2/c1-2-3-4-15-17(11-16-18(23-28-22-16)19(15)29(20,25)26)27-14-7-5-13(6-8-14)24-10-9-21-12-24/h5-12H,2-4H2,1H3,(H2,20,25,26). The molecule has 0 aliphatic carbocycles. The summed E-state index contributed by atoms with van der Waals surface area (Å²) in [6.07, 6.45) is 7.47. The molecule has 2 aromatic carbocycles. The molecule has 0 aliphatic heterocycles. The molecule has 2 heterocycles. The predicted molar refractivity (Wildman–Crippen MR) is 111 cm³/mol. The van der Waals surface area contributed by atoms with Gasteiger partial charge in [0.1, 0.15) is 27.4 Å². The van der Waals surface area contributed by atoms with Crippen molar-refractivity contribution in [3.8, 4) is 17.2 Å². The number of aromatic nitrogens is 4. The molecule has 0 saturated carbocycles. The van der Waals surface area contributed by atoms with Gasteiger partial charge in [-0.15, -0.1) is 0 Å². The summed E-state index contributed by atoms with van der Waals surface area (Å²) in [5.74, 6) is 1.01. The third kappa shape index (κ3) is 4.00. The minimum Gasteiger partial charge on any atom is -0.457 e. The van der Waals surface area contributed by atoms with Crippen LogP contribution in [0.2, 0.25) is 0 Å². The molecule has 8 nitrogen and oxygen atoms in total. The van der Waals surface area contributed by atoms with Gasteiger partial charge in [-0.25, -0.2) is 18.5 Å². The van der Waals surface area contributed by atoms with Crippen LogP contribution in [-0.4, -0.2) is 26.7 Å². The van der Waals surface area contributed by atoms with Crippen LogP contribution in [0.1, 0.15) is 25.3 Å². The van der Waals surface area contributed by atoms with Crippen LogP contribution >= 0.6 is 11.7 Å². The average Bonchev–Trinajstić information content (AvgIpc) is 3.37. The topological polar surface area (TPSA) is 113 Å². The average molecular weight is 430 g/mol. The van der Waals surface area contributed by atoms with Crippen LogP contribution in [0.5, 0.6) is 11.5 Å². The maximum Gasteiger partial charge on any atom is 0.240 e. The maximum atomic E-state index is 12.4. The van der Waals surface area contributed by atoms with E-state index in [1.165, 1.54) is 0 Å². The zero-order valence-corrected chi connectivity index (χ0v) is 17.3. The molecule has 0 atom stereocenters. The van der Waals surface area contributed by atoms with Crippen molar-refractivity contribution in [1.82, 2.24) is 18.3 Å². The molecule has 0 unspecified atom stereocenters. The number of nitrogens with zero attached hydrogens (tertiary/aromatic N) is 4. The van der Waals surface area contributed by atoms with Crippen molar-refractivity contribution in [3.05, 3.63) is 54.6 Å². The van der Waals surface area contributed by atoms with Gasteiger partial charge in [-0.1, -0.05) is 13.3 Å². The van der Waals surface area contributed by atoms with Gasteiger partial charge >= 0.3 is 0 Å². The number of imidazole rings is 1. The summed E-state index contributed by atoms with van der Waals surface area (Å²) >= 11 is 0.947. The van der Waals surface area contributed by atoms with Gasteiger partial charge in [0.2, 0.25) is 10.0 Å². The highest BCUT2D eigenvalue weighted by atomic mass is 32.2. The van der Waals surface area contributed by atoms with E-state index in [1.807, 2.05) is 42.0 Å². The number of nitrogens with two attached hydrogens (primary N) is 1. The highest BCUT2D eigenvalue weighted by Gasteiger charge is 2.25. The van der Waals surface area contributed by atoms with E-state index < -0.39 is 10.0 Å². The first-order valence-corrected chi connectivity index (χ1v) is 11.3. The normalized spacial score (nSPS) is 11.8. The van der Waals surface area contributed by atoms with Crippen LogP contribution in [0.4, 0.5) is 0 Å². The Labute approximate surface area is 172 Å². The largest absolute Gasteiger partial charge is 0.457 e. The Hall–Kier alpha value is -2.82. The van der Waals surface area contributed by atoms with Crippen molar-refractivity contribution in [2.45, 2.75) is 31.1 Å². The summed E-state index contributed by atoms with van der Waals surface area (Å²) in [5, 5.41) is 5.54. The monoisotopic (exact) mass is 429 g/mol. The van der Waals surface area contributed by atoms with E-state index in [-0.39, 0.29) is 4.90 Å². The second kappa shape index (κ2) is 7.90. The molecule has 0 bridgehead atoms. The Morgan fingerprint density at radius 3 is 2.66 bits per heavy atom. The van der Waals surface area contributed by atoms with Crippen LogP contribution < -0.4 is 9.88 Å². The summed E-state index contributed by atoms with van der Waals surface area (Å²) in [5.41, 5.74) is 2.22. The van der Waals surface area contributed by atoms with Crippen LogP contribution in [0, 0.1) is 0 Å². The molecule has 2 aromatic heterocycles. The number of hydrogen-bond donors (Lipinski definition) is 1. The van der Waals surface area contributed by atoms with Crippen molar-refractivity contribution < 1.29 is 13.2 Å². The van der Waals surface area contributed by atoms with Crippen molar-refractivity contribution in [3.63, 3.8) is 0 Å². The van der Waals surface area contributed by atoms with E-state index in [1.54, 1.807) is 18.6 Å². The van der Waals surface area contributed by atoms with Gasteiger partial charge < -0.3 is 9.30 Å². The zero-order valence-electron chi connectivity index (χ0n) is 15.6.